The van der Waals surface area contributed by atoms with Gasteiger partial charge in [0, 0.05) is 46.3 Å². The van der Waals surface area contributed by atoms with Crippen LogP contribution in [0.1, 0.15) is 37.8 Å². The zero-order valence-electron chi connectivity index (χ0n) is 13.1. The number of nitrogens with one attached hydrogen (secondary N) is 2. The maximum atomic E-state index is 6.25. The summed E-state index contributed by atoms with van der Waals surface area (Å²) in [7, 11) is 2.31. The van der Waals surface area contributed by atoms with Crippen LogP contribution in [0.5, 0.6) is 0 Å². The van der Waals surface area contributed by atoms with E-state index in [1.54, 1.807) is 0 Å². The van der Waals surface area contributed by atoms with Crippen LogP contribution in [-0.2, 0) is 6.54 Å². The molecular formula is C18H24ClN3. The monoisotopic (exact) mass is 317 g/mol. The molecule has 2 aliphatic heterocycles. The lowest BCUT2D eigenvalue weighted by Gasteiger charge is -2.47. The van der Waals surface area contributed by atoms with Crippen molar-refractivity contribution in [2.24, 2.45) is 0 Å². The predicted molar refractivity (Wildman–Crippen MR) is 92.4 cm³/mol. The highest BCUT2D eigenvalue weighted by Crippen LogP contribution is 2.32. The third kappa shape index (κ3) is 2.66. The SMILES string of the molecule is CN1C2CCCC1CC(NCc1cc3c(Cl)cccc3[nH]1)C2. The lowest BCUT2D eigenvalue weighted by atomic mass is 9.82. The molecule has 2 unspecified atom stereocenters. The molecule has 2 aromatic rings. The maximum Gasteiger partial charge on any atom is 0.0499 e. The smallest absolute Gasteiger partial charge is 0.0499 e. The van der Waals surface area contributed by atoms with E-state index in [0.717, 1.165) is 34.6 Å². The lowest BCUT2D eigenvalue weighted by Crippen LogP contribution is -2.54. The van der Waals surface area contributed by atoms with Gasteiger partial charge in [-0.1, -0.05) is 24.1 Å². The second-order valence-electron chi connectivity index (χ2n) is 6.95. The van der Waals surface area contributed by atoms with Gasteiger partial charge in [-0.05, 0) is 50.9 Å². The van der Waals surface area contributed by atoms with Crippen LogP contribution in [0, 0.1) is 0 Å². The summed E-state index contributed by atoms with van der Waals surface area (Å²) >= 11 is 6.25. The second kappa shape index (κ2) is 5.88. The summed E-state index contributed by atoms with van der Waals surface area (Å²) < 4.78 is 0. The first-order chi connectivity index (χ1) is 10.7. The lowest BCUT2D eigenvalue weighted by molar-refractivity contribution is 0.0482. The Morgan fingerprint density at radius 2 is 2.05 bits per heavy atom. The molecule has 2 saturated heterocycles. The zero-order valence-corrected chi connectivity index (χ0v) is 13.9. The quantitative estimate of drug-likeness (QED) is 0.898. The van der Waals surface area contributed by atoms with Crippen molar-refractivity contribution in [1.29, 1.82) is 0 Å². The van der Waals surface area contributed by atoms with Crippen LogP contribution in [0.2, 0.25) is 5.02 Å². The van der Waals surface area contributed by atoms with Crippen molar-refractivity contribution in [3.05, 3.63) is 35.0 Å². The number of aromatic amines is 1. The molecule has 0 radical (unpaired) electrons. The van der Waals surface area contributed by atoms with Crippen LogP contribution in [0.15, 0.2) is 24.3 Å². The fourth-order valence-electron chi connectivity index (χ4n) is 4.31. The van der Waals surface area contributed by atoms with E-state index >= 15 is 0 Å². The first-order valence-corrected chi connectivity index (χ1v) is 8.80. The van der Waals surface area contributed by atoms with E-state index in [1.807, 2.05) is 12.1 Å². The highest BCUT2D eigenvalue weighted by molar-refractivity contribution is 6.35. The summed E-state index contributed by atoms with van der Waals surface area (Å²) in [6, 6.07) is 10.4. The molecule has 2 fully saturated rings. The molecule has 3 nitrogen and oxygen atoms in total. The van der Waals surface area contributed by atoms with Gasteiger partial charge >= 0.3 is 0 Å². The number of fused-ring (bicyclic) bond motifs is 3. The average molecular weight is 318 g/mol. The van der Waals surface area contributed by atoms with E-state index in [4.69, 9.17) is 11.6 Å². The van der Waals surface area contributed by atoms with E-state index in [2.05, 4.69) is 34.4 Å². The molecule has 22 heavy (non-hydrogen) atoms. The third-order valence-electron chi connectivity index (χ3n) is 5.59. The number of rotatable bonds is 3. The fourth-order valence-corrected chi connectivity index (χ4v) is 4.54. The van der Waals surface area contributed by atoms with E-state index in [0.29, 0.717) is 6.04 Å². The molecule has 4 rings (SSSR count). The van der Waals surface area contributed by atoms with E-state index in [-0.39, 0.29) is 0 Å². The van der Waals surface area contributed by atoms with Crippen LogP contribution in [0.25, 0.3) is 10.9 Å². The average Bonchev–Trinajstić information content (AvgIpc) is 2.90. The minimum absolute atomic E-state index is 0.647. The van der Waals surface area contributed by atoms with E-state index in [1.165, 1.54) is 37.8 Å². The highest BCUT2D eigenvalue weighted by atomic mass is 35.5. The number of nitrogens with zero attached hydrogens (tertiary/aromatic N) is 1. The Balaban J connectivity index is 1.42. The Labute approximate surface area is 137 Å². The molecule has 3 heterocycles. The maximum absolute atomic E-state index is 6.25. The van der Waals surface area contributed by atoms with Gasteiger partial charge in [-0.2, -0.15) is 0 Å². The Morgan fingerprint density at radius 3 is 2.77 bits per heavy atom. The van der Waals surface area contributed by atoms with Crippen molar-refractivity contribution < 1.29 is 0 Å². The summed E-state index contributed by atoms with van der Waals surface area (Å²) in [6.07, 6.45) is 6.72. The molecule has 2 N–H and O–H groups in total. The summed E-state index contributed by atoms with van der Waals surface area (Å²) in [6.45, 7) is 0.902. The normalized spacial score (nSPS) is 29.1. The van der Waals surface area contributed by atoms with Crippen LogP contribution in [-0.4, -0.2) is 35.1 Å². The molecule has 0 spiro atoms. The van der Waals surface area contributed by atoms with Gasteiger partial charge < -0.3 is 15.2 Å². The fraction of sp³-hybridized carbons (Fsp3) is 0.556. The molecule has 1 aromatic carbocycles. The molecular weight excluding hydrogens is 294 g/mol. The van der Waals surface area contributed by atoms with E-state index in [9.17, 15) is 0 Å². The van der Waals surface area contributed by atoms with Gasteiger partial charge in [-0.3, -0.25) is 0 Å². The van der Waals surface area contributed by atoms with E-state index < -0.39 is 0 Å². The number of H-pyrrole nitrogens is 1. The Bertz CT molecular complexity index is 651. The van der Waals surface area contributed by atoms with Crippen LogP contribution in [0.3, 0.4) is 0 Å². The second-order valence-corrected chi connectivity index (χ2v) is 7.36. The first kappa shape index (κ1) is 14.6. The molecule has 118 valence electrons. The molecule has 4 heteroatoms. The minimum atomic E-state index is 0.647. The number of hydrogen-bond acceptors (Lipinski definition) is 2. The molecule has 2 atom stereocenters. The molecule has 0 amide bonds. The predicted octanol–water partition coefficient (Wildman–Crippen LogP) is 3.93. The summed E-state index contributed by atoms with van der Waals surface area (Å²) in [5.41, 5.74) is 2.36. The number of hydrogen-bond donors (Lipinski definition) is 2. The largest absolute Gasteiger partial charge is 0.357 e. The van der Waals surface area contributed by atoms with Crippen molar-refractivity contribution in [1.82, 2.24) is 15.2 Å². The van der Waals surface area contributed by atoms with Crippen LogP contribution >= 0.6 is 11.6 Å². The van der Waals surface area contributed by atoms with Crippen molar-refractivity contribution in [3.63, 3.8) is 0 Å². The van der Waals surface area contributed by atoms with Gasteiger partial charge in [0.25, 0.3) is 0 Å². The van der Waals surface area contributed by atoms with Crippen molar-refractivity contribution in [2.75, 3.05) is 7.05 Å². The number of benzene rings is 1. The van der Waals surface area contributed by atoms with Gasteiger partial charge in [0.15, 0.2) is 0 Å². The van der Waals surface area contributed by atoms with Gasteiger partial charge in [0.1, 0.15) is 0 Å². The van der Waals surface area contributed by atoms with Crippen molar-refractivity contribution in [3.8, 4) is 0 Å². The number of aromatic nitrogens is 1. The molecule has 2 bridgehead atoms. The van der Waals surface area contributed by atoms with Crippen molar-refractivity contribution in [2.45, 2.75) is 56.8 Å². The van der Waals surface area contributed by atoms with Crippen molar-refractivity contribution >= 4 is 22.5 Å². The van der Waals surface area contributed by atoms with Gasteiger partial charge in [-0.25, -0.2) is 0 Å². The van der Waals surface area contributed by atoms with Gasteiger partial charge in [0.2, 0.25) is 0 Å². The van der Waals surface area contributed by atoms with Gasteiger partial charge in [-0.15, -0.1) is 0 Å². The molecule has 0 aliphatic carbocycles. The third-order valence-corrected chi connectivity index (χ3v) is 5.92. The molecule has 2 aliphatic rings. The zero-order chi connectivity index (χ0) is 15.1. The summed E-state index contributed by atoms with van der Waals surface area (Å²) in [4.78, 5) is 6.09. The molecule has 1 aromatic heterocycles. The first-order valence-electron chi connectivity index (χ1n) is 8.42. The Kier molecular flexibility index (Phi) is 3.89. The molecule has 0 saturated carbocycles. The Morgan fingerprint density at radius 1 is 1.27 bits per heavy atom. The highest BCUT2D eigenvalue weighted by Gasteiger charge is 2.35. The summed E-state index contributed by atoms with van der Waals surface area (Å²) in [5.74, 6) is 0. The topological polar surface area (TPSA) is 31.1 Å². The van der Waals surface area contributed by atoms with Crippen LogP contribution < -0.4 is 5.32 Å². The Hall–Kier alpha value is -1.03. The number of halogens is 1. The van der Waals surface area contributed by atoms with Crippen LogP contribution in [0.4, 0.5) is 0 Å². The van der Waals surface area contributed by atoms with Gasteiger partial charge in [0.05, 0.1) is 0 Å². The standard InChI is InChI=1S/C18H24ClN3/c1-22-14-4-2-5-15(22)9-12(8-14)20-11-13-10-16-17(19)6-3-7-18(16)21-13/h3,6-7,10,12,14-15,20-21H,2,4-5,8-9,11H2,1H3. The summed E-state index contributed by atoms with van der Waals surface area (Å²) in [5, 5.41) is 5.72. The minimum Gasteiger partial charge on any atom is -0.357 e. The number of piperidine rings is 2.